The number of anilines is 3. The largest absolute Gasteiger partial charge is 0.508 e. The highest BCUT2D eigenvalue weighted by Gasteiger charge is 2.23. The van der Waals surface area contributed by atoms with E-state index in [4.69, 9.17) is 4.74 Å². The Morgan fingerprint density at radius 1 is 0.588 bits per heavy atom. The van der Waals surface area contributed by atoms with Gasteiger partial charge in [0.05, 0.1) is 17.1 Å². The number of hydrogen-bond acceptors (Lipinski definition) is 5. The highest BCUT2D eigenvalue weighted by atomic mass is 16.5. The zero-order valence-electron chi connectivity index (χ0n) is 20.0. The summed E-state index contributed by atoms with van der Waals surface area (Å²) >= 11 is 0. The van der Waals surface area contributed by atoms with Gasteiger partial charge in [-0.3, -0.25) is 0 Å². The Morgan fingerprint density at radius 3 is 1.71 bits per heavy atom. The van der Waals surface area contributed by atoms with Crippen LogP contribution in [0.1, 0.15) is 27.8 Å². The van der Waals surface area contributed by atoms with Crippen molar-refractivity contribution in [1.82, 2.24) is 0 Å². The summed E-state index contributed by atoms with van der Waals surface area (Å²) in [6, 6.07) is 20.4. The van der Waals surface area contributed by atoms with E-state index in [0.29, 0.717) is 17.1 Å². The zero-order valence-corrected chi connectivity index (χ0v) is 20.0. The van der Waals surface area contributed by atoms with Crippen LogP contribution >= 0.6 is 0 Å². The van der Waals surface area contributed by atoms with E-state index < -0.39 is 0 Å². The molecule has 0 fully saturated rings. The molecule has 4 rings (SSSR count). The molecule has 0 amide bonds. The van der Waals surface area contributed by atoms with Gasteiger partial charge in [0.25, 0.3) is 0 Å². The van der Waals surface area contributed by atoms with E-state index >= 15 is 0 Å². The smallest absolute Gasteiger partial charge is 0.151 e. The number of hydrogen-bond donors (Lipinski definition) is 3. The van der Waals surface area contributed by atoms with Gasteiger partial charge in [0.2, 0.25) is 0 Å². The lowest BCUT2D eigenvalue weighted by molar-refractivity contribution is 0.460. The summed E-state index contributed by atoms with van der Waals surface area (Å²) in [4.78, 5) is 1.99. The van der Waals surface area contributed by atoms with Crippen molar-refractivity contribution in [2.75, 3.05) is 4.90 Å². The highest BCUT2D eigenvalue weighted by Crippen LogP contribution is 2.47. The number of phenols is 3. The van der Waals surface area contributed by atoms with Gasteiger partial charge >= 0.3 is 0 Å². The number of nitrogens with zero attached hydrogens (tertiary/aromatic N) is 1. The van der Waals surface area contributed by atoms with Crippen LogP contribution in [0.3, 0.4) is 0 Å². The fraction of sp³-hybridized carbons (Fsp3) is 0.172. The molecule has 0 saturated carbocycles. The first-order valence-electron chi connectivity index (χ1n) is 11.1. The third-order valence-electron chi connectivity index (χ3n) is 6.19. The predicted octanol–water partition coefficient (Wildman–Crippen LogP) is 7.61. The topological polar surface area (TPSA) is 73.2 Å². The maximum atomic E-state index is 10.7. The molecular weight excluding hydrogens is 426 g/mol. The lowest BCUT2D eigenvalue weighted by atomic mass is 10.0. The lowest BCUT2D eigenvalue weighted by Gasteiger charge is -2.30. The lowest BCUT2D eigenvalue weighted by Crippen LogP contribution is -2.14. The highest BCUT2D eigenvalue weighted by molar-refractivity contribution is 5.85. The second-order valence-corrected chi connectivity index (χ2v) is 8.60. The summed E-state index contributed by atoms with van der Waals surface area (Å²) in [5, 5.41) is 31.4. The fourth-order valence-corrected chi connectivity index (χ4v) is 4.07. The molecule has 3 N–H and O–H groups in total. The van der Waals surface area contributed by atoms with Crippen LogP contribution in [-0.2, 0) is 0 Å². The number of para-hydroxylation sites is 2. The summed E-state index contributed by atoms with van der Waals surface area (Å²) in [6.45, 7) is 9.30. The molecule has 0 spiro atoms. The van der Waals surface area contributed by atoms with Gasteiger partial charge in [-0.05, 0) is 93.8 Å². The molecule has 0 saturated heterocycles. The van der Waals surface area contributed by atoms with Crippen molar-refractivity contribution in [3.05, 3.63) is 94.5 Å². The van der Waals surface area contributed by atoms with Crippen molar-refractivity contribution in [3.8, 4) is 28.7 Å². The summed E-state index contributed by atoms with van der Waals surface area (Å²) < 4.78 is 6.28. The summed E-state index contributed by atoms with van der Waals surface area (Å²) in [5.74, 6) is 1.84. The van der Waals surface area contributed by atoms with Crippen LogP contribution in [0.5, 0.6) is 28.7 Å². The molecule has 0 heterocycles. The molecule has 174 valence electrons. The molecule has 4 aromatic carbocycles. The van der Waals surface area contributed by atoms with Crippen LogP contribution in [-0.4, -0.2) is 15.3 Å². The van der Waals surface area contributed by atoms with Gasteiger partial charge < -0.3 is 25.0 Å². The van der Waals surface area contributed by atoms with Gasteiger partial charge in [-0.2, -0.15) is 0 Å². The first kappa shape index (κ1) is 23.1. The number of benzene rings is 4. The van der Waals surface area contributed by atoms with Crippen LogP contribution < -0.4 is 9.64 Å². The van der Waals surface area contributed by atoms with Crippen molar-refractivity contribution >= 4 is 17.1 Å². The maximum absolute atomic E-state index is 10.7. The van der Waals surface area contributed by atoms with Crippen LogP contribution in [0.25, 0.3) is 0 Å². The summed E-state index contributed by atoms with van der Waals surface area (Å²) in [5.41, 5.74) is 6.00. The Bertz CT molecular complexity index is 1320. The third-order valence-corrected chi connectivity index (χ3v) is 6.19. The maximum Gasteiger partial charge on any atom is 0.151 e. The van der Waals surface area contributed by atoms with Crippen LogP contribution in [0.4, 0.5) is 17.1 Å². The summed E-state index contributed by atoms with van der Waals surface area (Å²) in [7, 11) is 0. The predicted molar refractivity (Wildman–Crippen MR) is 136 cm³/mol. The Kier molecular flexibility index (Phi) is 6.12. The molecule has 0 aliphatic rings. The Morgan fingerprint density at radius 2 is 1.15 bits per heavy atom. The van der Waals surface area contributed by atoms with Gasteiger partial charge in [-0.25, -0.2) is 0 Å². The van der Waals surface area contributed by atoms with E-state index in [2.05, 4.69) is 0 Å². The number of rotatable bonds is 5. The Labute approximate surface area is 200 Å². The van der Waals surface area contributed by atoms with Gasteiger partial charge in [-0.1, -0.05) is 24.3 Å². The SMILES string of the molecule is Cc1cc(Oc2ccccc2N(c2ccc(C)c(O)c2C)c2ccc(C)c(O)c2C)ccc1O. The number of ether oxygens (including phenoxy) is 1. The monoisotopic (exact) mass is 455 g/mol. The standard InChI is InChI=1S/C29H29NO4/c1-17-10-13-23(20(4)28(17)32)30(24-14-11-18(2)29(33)21(24)5)25-8-6-7-9-27(25)34-22-12-15-26(31)19(3)16-22/h6-16,31-33H,1-5H3. The van der Waals surface area contributed by atoms with Crippen LogP contribution in [0, 0.1) is 34.6 Å². The van der Waals surface area contributed by atoms with Gasteiger partial charge in [0.15, 0.2) is 5.75 Å². The molecule has 0 aliphatic carbocycles. The quantitative estimate of drug-likeness (QED) is 0.289. The molecule has 5 heteroatoms. The number of aryl methyl sites for hydroxylation is 3. The van der Waals surface area contributed by atoms with Gasteiger partial charge in [-0.15, -0.1) is 0 Å². The molecule has 0 bridgehead atoms. The minimum atomic E-state index is 0.207. The van der Waals surface area contributed by atoms with Crippen molar-refractivity contribution in [2.24, 2.45) is 0 Å². The van der Waals surface area contributed by atoms with Crippen LogP contribution in [0.15, 0.2) is 66.7 Å². The van der Waals surface area contributed by atoms with Gasteiger partial charge in [0.1, 0.15) is 23.0 Å². The Balaban J connectivity index is 1.95. The van der Waals surface area contributed by atoms with Gasteiger partial charge in [0, 0.05) is 11.1 Å². The van der Waals surface area contributed by atoms with E-state index in [-0.39, 0.29) is 17.2 Å². The second-order valence-electron chi connectivity index (χ2n) is 8.60. The first-order valence-corrected chi connectivity index (χ1v) is 11.1. The summed E-state index contributed by atoms with van der Waals surface area (Å²) in [6.07, 6.45) is 0. The van der Waals surface area contributed by atoms with Crippen molar-refractivity contribution in [1.29, 1.82) is 0 Å². The average molecular weight is 456 g/mol. The molecule has 4 aromatic rings. The average Bonchev–Trinajstić information content (AvgIpc) is 2.82. The minimum absolute atomic E-state index is 0.207. The minimum Gasteiger partial charge on any atom is -0.508 e. The molecule has 0 aromatic heterocycles. The zero-order chi connectivity index (χ0) is 24.6. The van der Waals surface area contributed by atoms with E-state index in [1.54, 1.807) is 18.2 Å². The molecular formula is C29H29NO4. The Hall–Kier alpha value is -4.12. The molecule has 34 heavy (non-hydrogen) atoms. The van der Waals surface area contributed by atoms with Crippen molar-refractivity contribution in [3.63, 3.8) is 0 Å². The van der Waals surface area contributed by atoms with Crippen molar-refractivity contribution < 1.29 is 20.1 Å². The molecule has 0 unspecified atom stereocenters. The van der Waals surface area contributed by atoms with E-state index in [1.807, 2.05) is 88.0 Å². The third kappa shape index (κ3) is 4.13. The number of phenolic OH excluding ortho intramolecular Hbond substituents is 3. The van der Waals surface area contributed by atoms with E-state index in [9.17, 15) is 15.3 Å². The first-order chi connectivity index (χ1) is 16.2. The normalized spacial score (nSPS) is 10.9. The second kappa shape index (κ2) is 9.02. The fourth-order valence-electron chi connectivity index (χ4n) is 4.07. The number of aromatic hydroxyl groups is 3. The molecule has 5 nitrogen and oxygen atoms in total. The van der Waals surface area contributed by atoms with E-state index in [0.717, 1.165) is 39.3 Å². The van der Waals surface area contributed by atoms with E-state index in [1.165, 1.54) is 0 Å². The molecule has 0 atom stereocenters. The van der Waals surface area contributed by atoms with Crippen LogP contribution in [0.2, 0.25) is 0 Å². The molecule has 0 radical (unpaired) electrons. The molecule has 0 aliphatic heterocycles. The van der Waals surface area contributed by atoms with Crippen molar-refractivity contribution in [2.45, 2.75) is 34.6 Å².